The van der Waals surface area contributed by atoms with Crippen LogP contribution >= 0.6 is 0 Å². The Morgan fingerprint density at radius 2 is 0.875 bits per heavy atom. The molecule has 2 N–H and O–H groups in total. The molecule has 8 aliphatic rings. The van der Waals surface area contributed by atoms with Crippen molar-refractivity contribution in [3.8, 4) is 58.2 Å². The zero-order valence-electron chi connectivity index (χ0n) is 31.0. The fraction of sp³-hybridized carbons (Fsp3) is 0.435. The second kappa shape index (κ2) is 12.9. The first-order valence-corrected chi connectivity index (χ1v) is 20.0. The maximum Gasteiger partial charge on any atom is 0.310 e. The Hall–Kier alpha value is -5.74. The number of phenols is 2. The molecular weight excluding hydrogens is 709 g/mol. The minimum absolute atomic E-state index is 0.0322. The second-order valence-electron chi connectivity index (χ2n) is 17.9. The van der Waals surface area contributed by atoms with Crippen molar-refractivity contribution in [3.63, 3.8) is 0 Å². The van der Waals surface area contributed by atoms with Gasteiger partial charge in [-0.05, 0) is 149 Å². The number of rotatable bonds is 6. The number of ether oxygens (including phenoxy) is 2. The van der Waals surface area contributed by atoms with Crippen LogP contribution in [0.4, 0.5) is 11.4 Å². The van der Waals surface area contributed by atoms with E-state index in [1.807, 2.05) is 24.3 Å². The zero-order chi connectivity index (χ0) is 38.3. The van der Waals surface area contributed by atoms with E-state index in [-0.39, 0.29) is 22.3 Å². The van der Waals surface area contributed by atoms with E-state index in [2.05, 4.69) is 23.7 Å². The van der Waals surface area contributed by atoms with Gasteiger partial charge in [-0.2, -0.15) is 0 Å². The molecule has 0 atom stereocenters. The Kier molecular flexibility index (Phi) is 8.01. The molecule has 8 saturated carbocycles. The molecule has 12 rings (SSSR count). The van der Waals surface area contributed by atoms with E-state index < -0.39 is 32.7 Å². The number of nitro groups is 2. The number of phenolic OH excluding ortho intramolecular Hbond substituents is 2. The molecule has 0 saturated heterocycles. The van der Waals surface area contributed by atoms with Gasteiger partial charge in [0, 0.05) is 45.9 Å². The zero-order valence-corrected chi connectivity index (χ0v) is 31.0. The molecule has 0 spiro atoms. The number of hydrogen-bond donors (Lipinski definition) is 2. The van der Waals surface area contributed by atoms with Gasteiger partial charge >= 0.3 is 11.4 Å². The molecule has 8 fully saturated rings. The SMILES string of the molecule is O=[N+]([O-])c1ccc(Oc2c(C#CC34CC5CC(CC(C5)C3)C4)ccc3c(Oc4ccc([N+](=O)[O-])c(O)c4)c(C#CC45CC6CC(CC(C6)C4)C5)ccc23)cc1O. The van der Waals surface area contributed by atoms with Crippen molar-refractivity contribution in [2.45, 2.75) is 77.0 Å². The van der Waals surface area contributed by atoms with Gasteiger partial charge in [0.05, 0.1) is 21.0 Å². The lowest BCUT2D eigenvalue weighted by molar-refractivity contribution is -0.386. The Bertz CT molecular complexity index is 2220. The van der Waals surface area contributed by atoms with Crippen LogP contribution in [0, 0.1) is 90.2 Å². The van der Waals surface area contributed by atoms with Crippen LogP contribution in [0.3, 0.4) is 0 Å². The predicted octanol–water partition coefficient (Wildman–Crippen LogP) is 10.8. The summed E-state index contributed by atoms with van der Waals surface area (Å²) in [5, 5.41) is 45.4. The first-order chi connectivity index (χ1) is 27.0. The largest absolute Gasteiger partial charge is 0.502 e. The number of nitro benzene ring substituents is 2. The van der Waals surface area contributed by atoms with Gasteiger partial charge in [-0.3, -0.25) is 20.2 Å². The van der Waals surface area contributed by atoms with E-state index in [1.54, 1.807) is 0 Å². The minimum atomic E-state index is -0.648. The van der Waals surface area contributed by atoms with Crippen LogP contribution in [-0.2, 0) is 0 Å². The molecular formula is C46H42N2O8. The molecule has 4 aromatic carbocycles. The topological polar surface area (TPSA) is 145 Å². The summed E-state index contributed by atoms with van der Waals surface area (Å²) in [6, 6.07) is 15.4. The molecule has 10 nitrogen and oxygen atoms in total. The van der Waals surface area contributed by atoms with E-state index in [4.69, 9.17) is 9.47 Å². The normalized spacial score (nSPS) is 30.3. The lowest BCUT2D eigenvalue weighted by atomic mass is 9.50. The third-order valence-corrected chi connectivity index (χ3v) is 13.8. The summed E-state index contributed by atoms with van der Waals surface area (Å²) in [6.07, 6.45) is 14.5. The Balaban J connectivity index is 1.11. The van der Waals surface area contributed by atoms with Crippen molar-refractivity contribution in [3.05, 3.63) is 92.0 Å². The van der Waals surface area contributed by atoms with Gasteiger partial charge in [0.2, 0.25) is 0 Å². The van der Waals surface area contributed by atoms with Crippen LogP contribution in [0.2, 0.25) is 0 Å². The summed E-state index contributed by atoms with van der Waals surface area (Å²) < 4.78 is 13.1. The van der Waals surface area contributed by atoms with Crippen molar-refractivity contribution < 1.29 is 29.5 Å². The molecule has 0 aromatic heterocycles. The standard InChI is InChI=1S/C46H42N2O8/c49-41-19-35(3-7-39(41)47(51)52)55-43-33(9-11-45-21-27-13-28(22-45)15-29(14-27)23-45)1-5-37-38(43)6-2-34(44(37)56-36-4-8-40(48(53)54)42(50)20-36)10-12-46-24-30-16-31(25-46)18-32(17-30)26-46/h1-8,19-20,27-32,49-50H,13-18,21-26H2. The van der Waals surface area contributed by atoms with Crippen LogP contribution in [0.5, 0.6) is 34.5 Å². The molecule has 4 aromatic rings. The molecule has 0 unspecified atom stereocenters. The van der Waals surface area contributed by atoms with Gasteiger partial charge in [0.15, 0.2) is 23.0 Å². The fourth-order valence-electron chi connectivity index (χ4n) is 12.4. The molecule has 284 valence electrons. The first-order valence-electron chi connectivity index (χ1n) is 20.0. The molecule has 0 radical (unpaired) electrons. The third-order valence-electron chi connectivity index (χ3n) is 13.8. The van der Waals surface area contributed by atoms with Crippen molar-refractivity contribution >= 4 is 22.1 Å². The van der Waals surface area contributed by atoms with Gasteiger partial charge in [-0.1, -0.05) is 23.7 Å². The highest BCUT2D eigenvalue weighted by molar-refractivity contribution is 5.97. The summed E-state index contributed by atoms with van der Waals surface area (Å²) in [5.41, 5.74) is 0.350. The Morgan fingerprint density at radius 3 is 1.18 bits per heavy atom. The monoisotopic (exact) mass is 750 g/mol. The van der Waals surface area contributed by atoms with Gasteiger partial charge in [-0.15, -0.1) is 0 Å². The van der Waals surface area contributed by atoms with Gasteiger partial charge < -0.3 is 19.7 Å². The fourth-order valence-corrected chi connectivity index (χ4v) is 12.4. The van der Waals surface area contributed by atoms with Crippen LogP contribution in [0.15, 0.2) is 60.7 Å². The van der Waals surface area contributed by atoms with E-state index in [0.29, 0.717) is 33.4 Å². The van der Waals surface area contributed by atoms with Crippen LogP contribution in [0.25, 0.3) is 10.8 Å². The highest BCUT2D eigenvalue weighted by Crippen LogP contribution is 2.61. The number of nitrogens with zero attached hydrogens (tertiary/aromatic N) is 2. The summed E-state index contributed by atoms with van der Waals surface area (Å²) in [7, 11) is 0. The Labute approximate surface area is 324 Å². The second-order valence-corrected chi connectivity index (χ2v) is 17.9. The van der Waals surface area contributed by atoms with E-state index >= 15 is 0 Å². The molecule has 0 heterocycles. The summed E-state index contributed by atoms with van der Waals surface area (Å²) >= 11 is 0. The summed E-state index contributed by atoms with van der Waals surface area (Å²) in [4.78, 5) is 21.7. The molecule has 8 bridgehead atoms. The van der Waals surface area contributed by atoms with Crippen molar-refractivity contribution in [2.24, 2.45) is 46.3 Å². The highest BCUT2D eigenvalue weighted by Gasteiger charge is 2.51. The lowest BCUT2D eigenvalue weighted by Gasteiger charge is -2.54. The number of hydrogen-bond acceptors (Lipinski definition) is 8. The van der Waals surface area contributed by atoms with Crippen molar-refractivity contribution in [2.75, 3.05) is 0 Å². The average molecular weight is 751 g/mol. The predicted molar refractivity (Wildman–Crippen MR) is 209 cm³/mol. The van der Waals surface area contributed by atoms with Gasteiger partial charge in [0.25, 0.3) is 0 Å². The molecule has 0 aliphatic heterocycles. The first kappa shape index (κ1) is 34.7. The minimum Gasteiger partial charge on any atom is -0.502 e. The molecule has 10 heteroatoms. The lowest BCUT2D eigenvalue weighted by Crippen LogP contribution is -2.45. The Morgan fingerprint density at radius 1 is 0.536 bits per heavy atom. The molecule has 8 aliphatic carbocycles. The number of fused-ring (bicyclic) bond motifs is 1. The number of benzene rings is 4. The molecule has 0 amide bonds. The summed E-state index contributed by atoms with van der Waals surface area (Å²) in [6.45, 7) is 0. The quantitative estimate of drug-likeness (QED) is 0.112. The van der Waals surface area contributed by atoms with E-state index in [1.165, 1.54) is 74.9 Å². The maximum absolute atomic E-state index is 11.5. The van der Waals surface area contributed by atoms with Crippen LogP contribution < -0.4 is 9.47 Å². The maximum atomic E-state index is 11.5. The summed E-state index contributed by atoms with van der Waals surface area (Å²) in [5.74, 6) is 19.0. The van der Waals surface area contributed by atoms with Crippen LogP contribution in [0.1, 0.15) is 88.2 Å². The smallest absolute Gasteiger partial charge is 0.310 e. The molecule has 56 heavy (non-hydrogen) atoms. The highest BCUT2D eigenvalue weighted by atomic mass is 16.6. The van der Waals surface area contributed by atoms with E-state index in [0.717, 1.165) is 74.0 Å². The van der Waals surface area contributed by atoms with Gasteiger partial charge in [-0.25, -0.2) is 0 Å². The van der Waals surface area contributed by atoms with Crippen LogP contribution in [-0.4, -0.2) is 20.1 Å². The van der Waals surface area contributed by atoms with Crippen molar-refractivity contribution in [1.29, 1.82) is 0 Å². The van der Waals surface area contributed by atoms with Crippen molar-refractivity contribution in [1.82, 2.24) is 0 Å². The number of aromatic hydroxyl groups is 2. The average Bonchev–Trinajstić information content (AvgIpc) is 3.13. The van der Waals surface area contributed by atoms with Gasteiger partial charge in [0.1, 0.15) is 11.5 Å². The third kappa shape index (κ3) is 6.16. The van der Waals surface area contributed by atoms with E-state index in [9.17, 15) is 30.4 Å².